The van der Waals surface area contributed by atoms with Crippen LogP contribution in [-0.2, 0) is 0 Å². The second kappa shape index (κ2) is 7.18. The van der Waals surface area contributed by atoms with Crippen molar-refractivity contribution in [2.24, 2.45) is 0 Å². The van der Waals surface area contributed by atoms with Crippen molar-refractivity contribution in [1.82, 2.24) is 4.90 Å². The molecule has 0 amide bonds. The fraction of sp³-hybridized carbons (Fsp3) is 0.500. The molecule has 1 aromatic carbocycles. The van der Waals surface area contributed by atoms with Crippen LogP contribution in [-0.4, -0.2) is 36.1 Å². The van der Waals surface area contributed by atoms with Gasteiger partial charge in [-0.3, -0.25) is 10.1 Å². The SMILES string of the molecule is CCN(CC)CCOc1ccc([N+](=O)[O-])c(Cl)c1. The van der Waals surface area contributed by atoms with E-state index in [0.717, 1.165) is 19.6 Å². The van der Waals surface area contributed by atoms with E-state index in [1.165, 1.54) is 12.1 Å². The number of benzene rings is 1. The van der Waals surface area contributed by atoms with E-state index in [9.17, 15) is 10.1 Å². The summed E-state index contributed by atoms with van der Waals surface area (Å²) >= 11 is 5.79. The summed E-state index contributed by atoms with van der Waals surface area (Å²) in [5.74, 6) is 0.553. The highest BCUT2D eigenvalue weighted by Gasteiger charge is 2.12. The summed E-state index contributed by atoms with van der Waals surface area (Å²) in [6, 6.07) is 4.39. The van der Waals surface area contributed by atoms with Crippen LogP contribution in [0.3, 0.4) is 0 Å². The van der Waals surface area contributed by atoms with E-state index in [0.29, 0.717) is 12.4 Å². The molecule has 0 aromatic heterocycles. The number of hydrogen-bond acceptors (Lipinski definition) is 4. The smallest absolute Gasteiger partial charge is 0.288 e. The molecule has 100 valence electrons. The Hall–Kier alpha value is -1.33. The standard InChI is InChI=1S/C12H17ClN2O3/c1-3-14(4-2)7-8-18-10-5-6-12(15(16)17)11(13)9-10/h5-6,9H,3-4,7-8H2,1-2H3. The van der Waals surface area contributed by atoms with Crippen molar-refractivity contribution in [2.75, 3.05) is 26.2 Å². The van der Waals surface area contributed by atoms with Crippen LogP contribution in [0.1, 0.15) is 13.8 Å². The molecule has 0 atom stereocenters. The number of nitro groups is 1. The van der Waals surface area contributed by atoms with Crippen molar-refractivity contribution in [2.45, 2.75) is 13.8 Å². The van der Waals surface area contributed by atoms with Gasteiger partial charge in [0.25, 0.3) is 5.69 Å². The van der Waals surface area contributed by atoms with E-state index in [1.54, 1.807) is 6.07 Å². The van der Waals surface area contributed by atoms with E-state index in [4.69, 9.17) is 16.3 Å². The zero-order valence-corrected chi connectivity index (χ0v) is 11.3. The second-order valence-electron chi connectivity index (χ2n) is 3.75. The lowest BCUT2D eigenvalue weighted by Crippen LogP contribution is -2.27. The summed E-state index contributed by atoms with van der Waals surface area (Å²) < 4.78 is 5.51. The maximum absolute atomic E-state index is 10.6. The molecule has 1 aromatic rings. The normalized spacial score (nSPS) is 10.7. The quantitative estimate of drug-likeness (QED) is 0.566. The predicted octanol–water partition coefficient (Wildman–Crippen LogP) is 2.97. The van der Waals surface area contributed by atoms with Crippen LogP contribution in [0.4, 0.5) is 5.69 Å². The molecule has 0 heterocycles. The zero-order valence-electron chi connectivity index (χ0n) is 10.6. The lowest BCUT2D eigenvalue weighted by molar-refractivity contribution is -0.384. The Labute approximate surface area is 111 Å². The maximum Gasteiger partial charge on any atom is 0.288 e. The third-order valence-electron chi connectivity index (χ3n) is 2.69. The summed E-state index contributed by atoms with van der Waals surface area (Å²) in [6.07, 6.45) is 0. The van der Waals surface area contributed by atoms with Crippen molar-refractivity contribution in [3.8, 4) is 5.75 Å². The van der Waals surface area contributed by atoms with Gasteiger partial charge >= 0.3 is 0 Å². The Bertz CT molecular complexity index is 408. The Kier molecular flexibility index (Phi) is 5.88. The molecule has 6 heteroatoms. The van der Waals surface area contributed by atoms with Crippen LogP contribution in [0.25, 0.3) is 0 Å². The van der Waals surface area contributed by atoms with Gasteiger partial charge in [0, 0.05) is 18.7 Å². The van der Waals surface area contributed by atoms with Crippen LogP contribution in [0.15, 0.2) is 18.2 Å². The molecule has 0 radical (unpaired) electrons. The first-order valence-corrected chi connectivity index (χ1v) is 6.25. The number of nitrogens with zero attached hydrogens (tertiary/aromatic N) is 2. The molecule has 0 saturated heterocycles. The lowest BCUT2D eigenvalue weighted by Gasteiger charge is -2.17. The zero-order chi connectivity index (χ0) is 13.5. The summed E-state index contributed by atoms with van der Waals surface area (Å²) in [5, 5.41) is 10.7. The van der Waals surface area contributed by atoms with Gasteiger partial charge in [-0.2, -0.15) is 0 Å². The molecule has 5 nitrogen and oxygen atoms in total. The van der Waals surface area contributed by atoms with Gasteiger partial charge in [0.2, 0.25) is 0 Å². The maximum atomic E-state index is 10.6. The predicted molar refractivity (Wildman–Crippen MR) is 71.4 cm³/mol. The Morgan fingerprint density at radius 1 is 1.39 bits per heavy atom. The van der Waals surface area contributed by atoms with Gasteiger partial charge in [-0.1, -0.05) is 25.4 Å². The Morgan fingerprint density at radius 2 is 2.06 bits per heavy atom. The van der Waals surface area contributed by atoms with Crippen molar-refractivity contribution >= 4 is 17.3 Å². The van der Waals surface area contributed by atoms with Crippen LogP contribution in [0, 0.1) is 10.1 Å². The van der Waals surface area contributed by atoms with E-state index >= 15 is 0 Å². The number of rotatable bonds is 7. The van der Waals surface area contributed by atoms with E-state index < -0.39 is 4.92 Å². The van der Waals surface area contributed by atoms with Gasteiger partial charge in [0.1, 0.15) is 17.4 Å². The molecule has 0 aliphatic carbocycles. The monoisotopic (exact) mass is 272 g/mol. The highest BCUT2D eigenvalue weighted by Crippen LogP contribution is 2.28. The molecule has 18 heavy (non-hydrogen) atoms. The number of halogens is 1. The number of nitro benzene ring substituents is 1. The molecular weight excluding hydrogens is 256 g/mol. The lowest BCUT2D eigenvalue weighted by atomic mass is 10.3. The van der Waals surface area contributed by atoms with Crippen LogP contribution < -0.4 is 4.74 Å². The van der Waals surface area contributed by atoms with Gasteiger partial charge in [0.15, 0.2) is 0 Å². The van der Waals surface area contributed by atoms with Crippen LogP contribution in [0.5, 0.6) is 5.75 Å². The number of hydrogen-bond donors (Lipinski definition) is 0. The Morgan fingerprint density at radius 3 is 2.56 bits per heavy atom. The molecule has 0 aliphatic rings. The molecule has 0 fully saturated rings. The van der Waals surface area contributed by atoms with Gasteiger partial charge in [-0.15, -0.1) is 0 Å². The van der Waals surface area contributed by atoms with Gasteiger partial charge < -0.3 is 9.64 Å². The summed E-state index contributed by atoms with van der Waals surface area (Å²) in [5.41, 5.74) is -0.104. The Balaban J connectivity index is 2.53. The minimum Gasteiger partial charge on any atom is -0.492 e. The second-order valence-corrected chi connectivity index (χ2v) is 4.15. The van der Waals surface area contributed by atoms with E-state index in [1.807, 2.05) is 0 Å². The van der Waals surface area contributed by atoms with Crippen LogP contribution >= 0.6 is 11.6 Å². The molecule has 0 spiro atoms. The average Bonchev–Trinajstić information content (AvgIpc) is 2.34. The molecule has 0 N–H and O–H groups in total. The largest absolute Gasteiger partial charge is 0.492 e. The first-order valence-electron chi connectivity index (χ1n) is 5.87. The minimum absolute atomic E-state index is 0.0975. The van der Waals surface area contributed by atoms with Gasteiger partial charge in [-0.05, 0) is 19.2 Å². The topological polar surface area (TPSA) is 55.6 Å². The number of ether oxygens (including phenoxy) is 1. The first-order chi connectivity index (χ1) is 8.58. The number of likely N-dealkylation sites (N-methyl/N-ethyl adjacent to an activating group) is 1. The van der Waals surface area contributed by atoms with Crippen molar-refractivity contribution in [1.29, 1.82) is 0 Å². The fourth-order valence-electron chi connectivity index (χ4n) is 1.56. The highest BCUT2D eigenvalue weighted by molar-refractivity contribution is 6.32. The summed E-state index contributed by atoms with van der Waals surface area (Å²) in [4.78, 5) is 12.3. The van der Waals surface area contributed by atoms with E-state index in [-0.39, 0.29) is 10.7 Å². The van der Waals surface area contributed by atoms with Crippen molar-refractivity contribution in [3.05, 3.63) is 33.3 Å². The third kappa shape index (κ3) is 4.16. The van der Waals surface area contributed by atoms with Gasteiger partial charge in [-0.25, -0.2) is 0 Å². The average molecular weight is 273 g/mol. The summed E-state index contributed by atoms with van der Waals surface area (Å²) in [7, 11) is 0. The fourth-order valence-corrected chi connectivity index (χ4v) is 1.80. The minimum atomic E-state index is -0.512. The molecule has 0 unspecified atom stereocenters. The molecule has 1 rings (SSSR count). The molecule has 0 saturated carbocycles. The van der Waals surface area contributed by atoms with Crippen molar-refractivity contribution in [3.63, 3.8) is 0 Å². The molecule has 0 aliphatic heterocycles. The van der Waals surface area contributed by atoms with E-state index in [2.05, 4.69) is 18.7 Å². The van der Waals surface area contributed by atoms with Gasteiger partial charge in [0.05, 0.1) is 4.92 Å². The van der Waals surface area contributed by atoms with Crippen molar-refractivity contribution < 1.29 is 9.66 Å². The molecule has 0 bridgehead atoms. The highest BCUT2D eigenvalue weighted by atomic mass is 35.5. The first kappa shape index (κ1) is 14.7. The van der Waals surface area contributed by atoms with Crippen LogP contribution in [0.2, 0.25) is 5.02 Å². The summed E-state index contributed by atoms with van der Waals surface area (Å²) in [6.45, 7) is 7.48. The molecular formula is C12H17ClN2O3. The third-order valence-corrected chi connectivity index (χ3v) is 2.99.